The first-order chi connectivity index (χ1) is 15.2. The van der Waals surface area contributed by atoms with Crippen molar-refractivity contribution in [3.63, 3.8) is 0 Å². The van der Waals surface area contributed by atoms with Crippen LogP contribution in [-0.4, -0.2) is 31.2 Å². The zero-order valence-corrected chi connectivity index (χ0v) is 18.2. The summed E-state index contributed by atoms with van der Waals surface area (Å²) in [5, 5.41) is 2.74. The van der Waals surface area contributed by atoms with Gasteiger partial charge in [-0.15, -0.1) is 0 Å². The molecular formula is C23H18ClFN2O4S. The van der Waals surface area contributed by atoms with Gasteiger partial charge < -0.3 is 10.2 Å². The quantitative estimate of drug-likeness (QED) is 0.582. The van der Waals surface area contributed by atoms with Gasteiger partial charge in [0.1, 0.15) is 11.9 Å². The summed E-state index contributed by atoms with van der Waals surface area (Å²) in [6, 6.07) is 17.4. The second-order valence-corrected chi connectivity index (χ2v) is 9.95. The lowest BCUT2D eigenvalue weighted by molar-refractivity contribution is -0.121. The lowest BCUT2D eigenvalue weighted by atomic mass is 9.92. The summed E-state index contributed by atoms with van der Waals surface area (Å²) < 4.78 is 36.1. The molecule has 9 heteroatoms. The summed E-state index contributed by atoms with van der Waals surface area (Å²) in [5.41, 5.74) is 2.54. The summed E-state index contributed by atoms with van der Waals surface area (Å²) >= 11 is 0. The molecule has 0 bridgehead atoms. The highest BCUT2D eigenvalue weighted by atomic mass is 35.7. The molecule has 4 rings (SSSR count). The highest BCUT2D eigenvalue weighted by Gasteiger charge is 2.35. The van der Waals surface area contributed by atoms with Gasteiger partial charge in [-0.2, -0.15) is 0 Å². The fourth-order valence-electron chi connectivity index (χ4n) is 3.66. The van der Waals surface area contributed by atoms with Crippen molar-refractivity contribution in [2.45, 2.75) is 23.9 Å². The van der Waals surface area contributed by atoms with Crippen molar-refractivity contribution in [3.8, 4) is 0 Å². The molecular weight excluding hydrogens is 455 g/mol. The Bertz CT molecular complexity index is 1280. The molecule has 3 aromatic rings. The van der Waals surface area contributed by atoms with Crippen molar-refractivity contribution < 1.29 is 22.4 Å². The van der Waals surface area contributed by atoms with Gasteiger partial charge in [0.2, 0.25) is 5.91 Å². The predicted molar refractivity (Wildman–Crippen MR) is 118 cm³/mol. The minimum Gasteiger partial charge on any atom is -0.324 e. The second kappa shape index (κ2) is 8.72. The molecule has 0 saturated heterocycles. The number of amides is 2. The molecule has 32 heavy (non-hydrogen) atoms. The van der Waals surface area contributed by atoms with Gasteiger partial charge in [0.25, 0.3) is 15.0 Å². The maximum absolute atomic E-state index is 13.3. The largest absolute Gasteiger partial charge is 0.324 e. The number of anilines is 1. The molecule has 1 heterocycles. The Morgan fingerprint density at radius 3 is 2.19 bits per heavy atom. The molecule has 2 amide bonds. The average Bonchev–Trinajstić information content (AvgIpc) is 2.78. The number of benzene rings is 3. The van der Waals surface area contributed by atoms with E-state index >= 15 is 0 Å². The van der Waals surface area contributed by atoms with E-state index in [9.17, 15) is 22.4 Å². The molecule has 1 aliphatic rings. The Balaban J connectivity index is 1.62. The average molecular weight is 473 g/mol. The number of hydrogen-bond acceptors (Lipinski definition) is 4. The third-order valence-electron chi connectivity index (χ3n) is 5.31. The van der Waals surface area contributed by atoms with Gasteiger partial charge in [-0.05, 0) is 59.7 Å². The molecule has 1 aliphatic heterocycles. The van der Waals surface area contributed by atoms with Crippen LogP contribution in [0.3, 0.4) is 0 Å². The number of nitrogens with one attached hydrogen (secondary N) is 1. The van der Waals surface area contributed by atoms with Crippen LogP contribution in [0.4, 0.5) is 10.1 Å². The lowest BCUT2D eigenvalue weighted by Crippen LogP contribution is -2.50. The molecule has 0 saturated carbocycles. The molecule has 1 N–H and O–H groups in total. The van der Waals surface area contributed by atoms with Gasteiger partial charge >= 0.3 is 0 Å². The van der Waals surface area contributed by atoms with E-state index < -0.39 is 26.8 Å². The van der Waals surface area contributed by atoms with E-state index in [0.717, 1.165) is 11.1 Å². The number of rotatable bonds is 4. The van der Waals surface area contributed by atoms with E-state index in [1.807, 2.05) is 24.3 Å². The summed E-state index contributed by atoms with van der Waals surface area (Å²) in [5.74, 6) is -1.26. The van der Waals surface area contributed by atoms with E-state index in [4.69, 9.17) is 10.7 Å². The van der Waals surface area contributed by atoms with Crippen LogP contribution in [0.5, 0.6) is 0 Å². The molecule has 6 nitrogen and oxygen atoms in total. The van der Waals surface area contributed by atoms with Crippen molar-refractivity contribution >= 4 is 37.2 Å². The molecule has 164 valence electrons. The van der Waals surface area contributed by atoms with E-state index in [1.54, 1.807) is 0 Å². The third-order valence-corrected chi connectivity index (χ3v) is 6.68. The van der Waals surface area contributed by atoms with Crippen molar-refractivity contribution in [2.75, 3.05) is 5.32 Å². The predicted octanol–water partition coefficient (Wildman–Crippen LogP) is 3.96. The standard InChI is InChI=1S/C23H18ClFN2O4S/c24-32(30,31)20-11-9-19(10-12-20)26-22(28)21-13-16-3-1-2-4-17(16)14-27(21)23(29)15-5-7-18(25)8-6-15/h1-12,21H,13-14H2,(H,26,28). The maximum Gasteiger partial charge on any atom is 0.261 e. The molecule has 0 radical (unpaired) electrons. The van der Waals surface area contributed by atoms with E-state index in [1.165, 1.54) is 53.4 Å². The van der Waals surface area contributed by atoms with Gasteiger partial charge in [-0.1, -0.05) is 24.3 Å². The van der Waals surface area contributed by atoms with Crippen molar-refractivity contribution in [2.24, 2.45) is 0 Å². The first kappa shape index (κ1) is 22.0. The number of carbonyl (C=O) groups excluding carboxylic acids is 2. The highest BCUT2D eigenvalue weighted by molar-refractivity contribution is 8.13. The second-order valence-electron chi connectivity index (χ2n) is 7.38. The molecule has 0 aliphatic carbocycles. The van der Waals surface area contributed by atoms with Crippen LogP contribution in [0, 0.1) is 5.82 Å². The number of hydrogen-bond donors (Lipinski definition) is 1. The number of carbonyl (C=O) groups is 2. The van der Waals surface area contributed by atoms with Crippen LogP contribution in [0.2, 0.25) is 0 Å². The Labute approximate surface area is 189 Å². The van der Waals surface area contributed by atoms with Crippen LogP contribution in [0.15, 0.2) is 77.7 Å². The van der Waals surface area contributed by atoms with Gasteiger partial charge in [-0.3, -0.25) is 9.59 Å². The van der Waals surface area contributed by atoms with Crippen LogP contribution in [-0.2, 0) is 26.8 Å². The van der Waals surface area contributed by atoms with Crippen LogP contribution in [0.25, 0.3) is 0 Å². The normalized spacial score (nSPS) is 15.7. The monoisotopic (exact) mass is 472 g/mol. The molecule has 0 aromatic heterocycles. The summed E-state index contributed by atoms with van der Waals surface area (Å²) in [7, 11) is 1.45. The third kappa shape index (κ3) is 4.66. The number of fused-ring (bicyclic) bond motifs is 1. The van der Waals surface area contributed by atoms with Crippen LogP contribution < -0.4 is 5.32 Å². The Kier molecular flexibility index (Phi) is 5.99. The zero-order valence-electron chi connectivity index (χ0n) is 16.7. The van der Waals surface area contributed by atoms with Gasteiger partial charge in [0.05, 0.1) is 4.90 Å². The van der Waals surface area contributed by atoms with E-state index in [-0.39, 0.29) is 22.9 Å². The highest BCUT2D eigenvalue weighted by Crippen LogP contribution is 2.26. The molecule has 0 fully saturated rings. The molecule has 3 aromatic carbocycles. The van der Waals surface area contributed by atoms with Gasteiger partial charge in [0.15, 0.2) is 0 Å². The SMILES string of the molecule is O=C(Nc1ccc(S(=O)(=O)Cl)cc1)C1Cc2ccccc2CN1C(=O)c1ccc(F)cc1. The number of nitrogens with zero attached hydrogens (tertiary/aromatic N) is 1. The van der Waals surface area contributed by atoms with Gasteiger partial charge in [-0.25, -0.2) is 12.8 Å². The molecule has 1 unspecified atom stereocenters. The molecule has 0 spiro atoms. The first-order valence-electron chi connectivity index (χ1n) is 9.71. The van der Waals surface area contributed by atoms with Crippen LogP contribution >= 0.6 is 10.7 Å². The van der Waals surface area contributed by atoms with E-state index in [0.29, 0.717) is 12.1 Å². The Morgan fingerprint density at radius 1 is 0.938 bits per heavy atom. The summed E-state index contributed by atoms with van der Waals surface area (Å²) in [6.45, 7) is 0.230. The Morgan fingerprint density at radius 2 is 1.56 bits per heavy atom. The summed E-state index contributed by atoms with van der Waals surface area (Å²) in [6.07, 6.45) is 0.309. The minimum atomic E-state index is -3.88. The van der Waals surface area contributed by atoms with E-state index in [2.05, 4.69) is 5.32 Å². The van der Waals surface area contributed by atoms with Gasteiger partial charge in [0, 0.05) is 34.9 Å². The lowest BCUT2D eigenvalue weighted by Gasteiger charge is -2.36. The number of halogens is 2. The Hall–Kier alpha value is -3.23. The fourth-order valence-corrected chi connectivity index (χ4v) is 4.43. The smallest absolute Gasteiger partial charge is 0.261 e. The van der Waals surface area contributed by atoms with Crippen molar-refractivity contribution in [3.05, 3.63) is 95.3 Å². The molecule has 1 atom stereocenters. The zero-order chi connectivity index (χ0) is 22.9. The summed E-state index contributed by atoms with van der Waals surface area (Å²) in [4.78, 5) is 27.7. The van der Waals surface area contributed by atoms with Crippen molar-refractivity contribution in [1.29, 1.82) is 0 Å². The fraction of sp³-hybridized carbons (Fsp3) is 0.130. The first-order valence-corrected chi connectivity index (χ1v) is 12.0. The minimum absolute atomic E-state index is 0.0862. The van der Waals surface area contributed by atoms with Crippen molar-refractivity contribution in [1.82, 2.24) is 4.90 Å². The maximum atomic E-state index is 13.3. The topological polar surface area (TPSA) is 83.6 Å². The van der Waals surface area contributed by atoms with Crippen LogP contribution in [0.1, 0.15) is 21.5 Å².